The Balaban J connectivity index is 1.33. The van der Waals surface area contributed by atoms with Gasteiger partial charge in [-0.1, -0.05) is 69.4 Å². The summed E-state index contributed by atoms with van der Waals surface area (Å²) in [4.78, 5) is 51.2. The molecule has 4 heterocycles. The van der Waals surface area contributed by atoms with E-state index in [1.165, 1.54) is 44.2 Å². The number of carbonyl (C=O) groups is 4. The van der Waals surface area contributed by atoms with Crippen molar-refractivity contribution in [2.24, 2.45) is 0 Å². The number of rotatable bonds is 30. The predicted octanol–water partition coefficient (Wildman–Crippen LogP) is -2.96. The van der Waals surface area contributed by atoms with Crippen LogP contribution in [0.25, 0.3) is 0 Å². The minimum atomic E-state index is -1.96. The van der Waals surface area contributed by atoms with E-state index >= 15 is 0 Å². The van der Waals surface area contributed by atoms with Gasteiger partial charge in [0.05, 0.1) is 33.0 Å². The van der Waals surface area contributed by atoms with Gasteiger partial charge in [-0.05, 0) is 24.6 Å². The van der Waals surface area contributed by atoms with Crippen molar-refractivity contribution in [3.8, 4) is 5.75 Å². The number of ether oxygens (including phenoxy) is 8. The molecule has 5 rings (SSSR count). The van der Waals surface area contributed by atoms with Gasteiger partial charge >= 0.3 is 0 Å². The third kappa shape index (κ3) is 18.2. The summed E-state index contributed by atoms with van der Waals surface area (Å²) in [5, 5.41) is 122. The van der Waals surface area contributed by atoms with E-state index in [2.05, 4.69) is 37.6 Å². The highest BCUT2D eigenvalue weighted by molar-refractivity contribution is 7.89. The fourth-order valence-electron chi connectivity index (χ4n) is 9.61. The van der Waals surface area contributed by atoms with E-state index in [0.29, 0.717) is 12.4 Å². The first kappa shape index (κ1) is 65.3. The molecule has 4 aliphatic heterocycles. The van der Waals surface area contributed by atoms with Crippen molar-refractivity contribution in [1.29, 1.82) is 0 Å². The summed E-state index contributed by atoms with van der Waals surface area (Å²) in [5.74, 6) is -2.62. The highest BCUT2D eigenvalue weighted by Crippen LogP contribution is 2.35. The van der Waals surface area contributed by atoms with Gasteiger partial charge in [-0.3, -0.25) is 23.4 Å². The molecule has 20 atom stereocenters. The SMILES string of the molecule is CCCCCCCCCCCOc1cccc(C(=O)N[C@H]2C(O[C@H]3C(O)C(NC(C)=O)C(OC4C(CO)O[C@@H](O[C@H]5C(O)C(NC(C)=O)C(O)O[C@@H]5COSOOO)[C@H](NC(C)=O)[C@H]4O)O[C@@H]3CO)OC(CO)[C@H](O)[C@@H]2O)c1. The van der Waals surface area contributed by atoms with Crippen molar-refractivity contribution < 1.29 is 122 Å². The Morgan fingerprint density at radius 2 is 1.03 bits per heavy atom. The Morgan fingerprint density at radius 1 is 0.564 bits per heavy atom. The molecule has 0 spiro atoms. The molecule has 4 amide bonds. The Bertz CT molecular complexity index is 1990. The van der Waals surface area contributed by atoms with Crippen LogP contribution in [-0.2, 0) is 61.1 Å². The summed E-state index contributed by atoms with van der Waals surface area (Å²) in [6, 6.07) is -0.268. The normalized spacial score (nSPS) is 35.1. The summed E-state index contributed by atoms with van der Waals surface area (Å²) in [7, 11) is 0. The van der Waals surface area contributed by atoms with Crippen LogP contribution in [0.4, 0.5) is 0 Å². The van der Waals surface area contributed by atoms with Gasteiger partial charge in [0.15, 0.2) is 37.5 Å². The van der Waals surface area contributed by atoms with E-state index in [1.807, 2.05) is 0 Å². The molecule has 4 aliphatic rings. The maximum atomic E-state index is 13.8. The Hall–Kier alpha value is -3.55. The van der Waals surface area contributed by atoms with Crippen molar-refractivity contribution in [2.45, 2.75) is 208 Å². The molecule has 1 aromatic rings. The van der Waals surface area contributed by atoms with E-state index in [0.717, 1.165) is 46.5 Å². The zero-order valence-corrected chi connectivity index (χ0v) is 44.6. The highest BCUT2D eigenvalue weighted by Gasteiger charge is 2.56. The molecule has 0 aromatic heterocycles. The second-order valence-electron chi connectivity index (χ2n) is 19.4. The number of hydrogen-bond acceptors (Lipinski definition) is 26. The number of hydrogen-bond donors (Lipinski definition) is 14. The van der Waals surface area contributed by atoms with Crippen LogP contribution in [0.3, 0.4) is 0 Å². The van der Waals surface area contributed by atoms with Gasteiger partial charge in [-0.15, -0.1) is 4.33 Å². The van der Waals surface area contributed by atoms with Crippen molar-refractivity contribution >= 4 is 36.0 Å². The molecule has 10 unspecified atom stereocenters. The summed E-state index contributed by atoms with van der Waals surface area (Å²) in [5.41, 5.74) is 0.0868. The molecule has 0 radical (unpaired) electrons. The lowest BCUT2D eigenvalue weighted by Gasteiger charge is -2.51. The zero-order chi connectivity index (χ0) is 57.1. The molecule has 1 aromatic carbocycles. The number of benzene rings is 1. The Kier molecular flexibility index (Phi) is 27.4. The Morgan fingerprint density at radius 3 is 1.53 bits per heavy atom. The average Bonchev–Trinajstić information content (AvgIpc) is 3.42. The highest BCUT2D eigenvalue weighted by atomic mass is 32.2. The van der Waals surface area contributed by atoms with Crippen LogP contribution in [0.15, 0.2) is 24.3 Å². The minimum Gasteiger partial charge on any atom is -0.494 e. The summed E-state index contributed by atoms with van der Waals surface area (Å²) >= 11 is 0.109. The molecule has 0 saturated carbocycles. The molecule has 0 aliphatic carbocycles. The molecule has 78 heavy (non-hydrogen) atoms. The molecule has 4 fully saturated rings. The summed E-state index contributed by atoms with van der Waals surface area (Å²) in [6.45, 7) is 2.47. The van der Waals surface area contributed by atoms with Crippen LogP contribution < -0.4 is 26.0 Å². The lowest BCUT2D eigenvalue weighted by Crippen LogP contribution is -2.71. The number of carbonyl (C=O) groups excluding carboxylic acids is 4. The topological polar surface area (TPSA) is 420 Å². The quantitative estimate of drug-likeness (QED) is 0.0158. The van der Waals surface area contributed by atoms with Crippen LogP contribution in [0.5, 0.6) is 5.75 Å². The Labute approximate surface area is 454 Å². The standard InChI is InChI=1S/C48H78N4O25S/c1-5-6-7-8-9-10-11-12-13-17-67-27-16-14-15-26(18-27)44(64)52-33-37(60)36(59)28(19-53)70-46(33)73-41-29(20-54)71-47(34(39(41)62)50-24(3)57)74-42-30(21-55)72-48(35(40(42)63)51-25(4)58)75-43-31(22-68-78-77-76-66)69-45(65)32(38(43)61)49-23(2)56/h14-16,18,28-43,45-48,53-55,59-63,65-66H,5-13,17,19-22H2,1-4H3,(H,49,56)(H,50,57)(H,51,58)(H,52,64)/t28?,29-,30?,31-,32?,33-,34?,35-,36+,37-,38?,39?,40-,41-,42?,43-,45?,46?,47?,48+/m1/s1. The second kappa shape index (κ2) is 32.8. The van der Waals surface area contributed by atoms with Gasteiger partial charge in [0.1, 0.15) is 103 Å². The molecule has 0 bridgehead atoms. The smallest absolute Gasteiger partial charge is 0.251 e. The first-order chi connectivity index (χ1) is 37.4. The summed E-state index contributed by atoms with van der Waals surface area (Å²) < 4.78 is 57.2. The first-order valence-corrected chi connectivity index (χ1v) is 26.6. The lowest BCUT2D eigenvalue weighted by atomic mass is 9.93. The zero-order valence-electron chi connectivity index (χ0n) is 43.8. The number of aliphatic hydroxyl groups excluding tert-OH is 9. The monoisotopic (exact) mass is 1140 g/mol. The van der Waals surface area contributed by atoms with Gasteiger partial charge in [0, 0.05) is 26.3 Å². The maximum Gasteiger partial charge on any atom is 0.251 e. The van der Waals surface area contributed by atoms with Crippen LogP contribution >= 0.6 is 12.3 Å². The third-order valence-corrected chi connectivity index (χ3v) is 13.9. The van der Waals surface area contributed by atoms with Gasteiger partial charge < -0.3 is 105 Å². The molecular formula is C48H78N4O25S. The van der Waals surface area contributed by atoms with E-state index in [-0.39, 0.29) is 17.9 Å². The average molecular weight is 1140 g/mol. The van der Waals surface area contributed by atoms with Crippen molar-refractivity contribution in [3.05, 3.63) is 29.8 Å². The fourth-order valence-corrected chi connectivity index (χ4v) is 9.87. The number of amides is 4. The second-order valence-corrected chi connectivity index (χ2v) is 19.9. The van der Waals surface area contributed by atoms with E-state index in [4.69, 9.17) is 47.3 Å². The first-order valence-electron chi connectivity index (χ1n) is 26.0. The number of nitrogens with one attached hydrogen (secondary N) is 4. The molecule has 4 saturated heterocycles. The van der Waals surface area contributed by atoms with E-state index < -0.39 is 173 Å². The van der Waals surface area contributed by atoms with E-state index in [1.54, 1.807) is 12.1 Å². The molecule has 446 valence electrons. The molecular weight excluding hydrogens is 1060 g/mol. The van der Waals surface area contributed by atoms with Gasteiger partial charge in [-0.2, -0.15) is 0 Å². The van der Waals surface area contributed by atoms with E-state index in [9.17, 15) is 65.1 Å². The van der Waals surface area contributed by atoms with Crippen LogP contribution in [0, 0.1) is 0 Å². The van der Waals surface area contributed by atoms with Crippen LogP contribution in [0.1, 0.15) is 95.8 Å². The van der Waals surface area contributed by atoms with Crippen molar-refractivity contribution in [1.82, 2.24) is 21.3 Å². The van der Waals surface area contributed by atoms with Gasteiger partial charge in [0.2, 0.25) is 17.7 Å². The maximum absolute atomic E-state index is 13.8. The largest absolute Gasteiger partial charge is 0.494 e. The number of unbranched alkanes of at least 4 members (excludes halogenated alkanes) is 8. The molecule has 30 heteroatoms. The number of aliphatic hydroxyl groups is 9. The van der Waals surface area contributed by atoms with Crippen molar-refractivity contribution in [2.75, 3.05) is 33.0 Å². The molecule has 29 nitrogen and oxygen atoms in total. The van der Waals surface area contributed by atoms with Crippen molar-refractivity contribution in [3.63, 3.8) is 0 Å². The lowest BCUT2D eigenvalue weighted by molar-refractivity contribution is -0.434. The third-order valence-electron chi connectivity index (χ3n) is 13.5. The fraction of sp³-hybridized carbons (Fsp3) is 0.792. The summed E-state index contributed by atoms with van der Waals surface area (Å²) in [6.07, 6.45) is -17.9. The minimum absolute atomic E-state index is 0.0868. The van der Waals surface area contributed by atoms with Gasteiger partial charge in [0.25, 0.3) is 5.91 Å². The molecule has 14 N–H and O–H groups in total. The van der Waals surface area contributed by atoms with Crippen LogP contribution in [-0.4, -0.2) is 230 Å². The van der Waals surface area contributed by atoms with Crippen LogP contribution in [0.2, 0.25) is 0 Å². The van der Waals surface area contributed by atoms with Gasteiger partial charge in [-0.25, -0.2) is 5.26 Å². The predicted molar refractivity (Wildman–Crippen MR) is 264 cm³/mol.